The normalized spacial score (nSPS) is 10.6. The molecule has 0 radical (unpaired) electrons. The van der Waals surface area contributed by atoms with Gasteiger partial charge in [0.25, 0.3) is 0 Å². The third-order valence-electron chi connectivity index (χ3n) is 2.14. The van der Waals surface area contributed by atoms with Gasteiger partial charge in [0.2, 0.25) is 0 Å². The van der Waals surface area contributed by atoms with Crippen molar-refractivity contribution >= 4 is 0 Å². The molecule has 74 valence electrons. The molecule has 0 aliphatic rings. The number of H-pyrrole nitrogens is 1. The summed E-state index contributed by atoms with van der Waals surface area (Å²) >= 11 is 0. The first-order chi connectivity index (χ1) is 6.88. The molecule has 0 amide bonds. The maximum atomic E-state index is 5.60. The molecule has 0 unspecified atom stereocenters. The minimum atomic E-state index is 0.634. The summed E-state index contributed by atoms with van der Waals surface area (Å²) in [5.41, 5.74) is 6.61. The standard InChI is InChI=1S/C11H14N2O/c12-6-5-10-3-4-11(14-10)8-9-2-1-7-13-9/h1-4,7,13H,5-6,8,12H2. The second-order valence-corrected chi connectivity index (χ2v) is 3.28. The van der Waals surface area contributed by atoms with Crippen LogP contribution in [0.5, 0.6) is 0 Å². The molecule has 2 rings (SSSR count). The fraction of sp³-hybridized carbons (Fsp3) is 0.273. The number of nitrogens with two attached hydrogens (primary N) is 1. The lowest BCUT2D eigenvalue weighted by molar-refractivity contribution is 0.473. The van der Waals surface area contributed by atoms with Gasteiger partial charge in [-0.3, -0.25) is 0 Å². The molecule has 0 atom stereocenters. The molecule has 2 heterocycles. The predicted molar refractivity (Wildman–Crippen MR) is 55.1 cm³/mol. The average Bonchev–Trinajstić information content (AvgIpc) is 2.79. The zero-order valence-corrected chi connectivity index (χ0v) is 7.99. The minimum absolute atomic E-state index is 0.634. The first-order valence-electron chi connectivity index (χ1n) is 4.78. The Hall–Kier alpha value is -1.48. The molecule has 14 heavy (non-hydrogen) atoms. The van der Waals surface area contributed by atoms with Crippen molar-refractivity contribution in [3.63, 3.8) is 0 Å². The van der Waals surface area contributed by atoms with E-state index in [1.54, 1.807) is 0 Å². The van der Waals surface area contributed by atoms with Gasteiger partial charge >= 0.3 is 0 Å². The lowest BCUT2D eigenvalue weighted by Gasteiger charge is -1.94. The zero-order valence-electron chi connectivity index (χ0n) is 7.99. The molecule has 3 nitrogen and oxygen atoms in total. The predicted octanol–water partition coefficient (Wildman–Crippen LogP) is 1.70. The lowest BCUT2D eigenvalue weighted by atomic mass is 10.2. The van der Waals surface area contributed by atoms with Crippen LogP contribution in [0.4, 0.5) is 0 Å². The van der Waals surface area contributed by atoms with Gasteiger partial charge < -0.3 is 15.1 Å². The highest BCUT2D eigenvalue weighted by Gasteiger charge is 2.02. The Bertz CT molecular complexity index is 376. The second-order valence-electron chi connectivity index (χ2n) is 3.28. The Morgan fingerprint density at radius 1 is 1.21 bits per heavy atom. The largest absolute Gasteiger partial charge is 0.466 e. The molecule has 0 fully saturated rings. The fourth-order valence-electron chi connectivity index (χ4n) is 1.46. The molecular formula is C11H14N2O. The maximum Gasteiger partial charge on any atom is 0.110 e. The third-order valence-corrected chi connectivity index (χ3v) is 2.14. The van der Waals surface area contributed by atoms with E-state index < -0.39 is 0 Å². The Kier molecular flexibility index (Phi) is 2.70. The van der Waals surface area contributed by atoms with Gasteiger partial charge in [0, 0.05) is 24.7 Å². The van der Waals surface area contributed by atoms with Crippen molar-refractivity contribution in [1.82, 2.24) is 4.98 Å². The molecule has 3 N–H and O–H groups in total. The van der Waals surface area contributed by atoms with E-state index in [2.05, 4.69) is 4.98 Å². The Morgan fingerprint density at radius 3 is 2.79 bits per heavy atom. The Balaban J connectivity index is 2.03. The summed E-state index contributed by atoms with van der Waals surface area (Å²) in [6.07, 6.45) is 3.54. The molecule has 2 aromatic rings. The Morgan fingerprint density at radius 2 is 2.07 bits per heavy atom. The quantitative estimate of drug-likeness (QED) is 0.771. The second kappa shape index (κ2) is 4.15. The van der Waals surface area contributed by atoms with Crippen LogP contribution >= 0.6 is 0 Å². The molecule has 0 aliphatic carbocycles. The van der Waals surface area contributed by atoms with E-state index in [4.69, 9.17) is 10.2 Å². The number of aromatic amines is 1. The van der Waals surface area contributed by atoms with Crippen molar-refractivity contribution in [1.29, 1.82) is 0 Å². The molecule has 2 aromatic heterocycles. The topological polar surface area (TPSA) is 55.0 Å². The van der Waals surface area contributed by atoms with Gasteiger partial charge in [-0.1, -0.05) is 0 Å². The highest BCUT2D eigenvalue weighted by Crippen LogP contribution is 2.12. The van der Waals surface area contributed by atoms with Gasteiger partial charge in [-0.05, 0) is 30.8 Å². The summed E-state index contributed by atoms with van der Waals surface area (Å²) in [7, 11) is 0. The molecule has 0 aliphatic heterocycles. The van der Waals surface area contributed by atoms with E-state index in [-0.39, 0.29) is 0 Å². The van der Waals surface area contributed by atoms with Crippen LogP contribution in [0.25, 0.3) is 0 Å². The van der Waals surface area contributed by atoms with Crippen LogP contribution in [0.3, 0.4) is 0 Å². The SMILES string of the molecule is NCCc1ccc(Cc2ccc[nH]2)o1. The van der Waals surface area contributed by atoms with Gasteiger partial charge in [-0.2, -0.15) is 0 Å². The monoisotopic (exact) mass is 190 g/mol. The summed E-state index contributed by atoms with van der Waals surface area (Å²) in [5.74, 6) is 1.95. The zero-order chi connectivity index (χ0) is 9.80. The van der Waals surface area contributed by atoms with E-state index in [9.17, 15) is 0 Å². The summed E-state index contributed by atoms with van der Waals surface area (Å²) in [5, 5.41) is 0. The van der Waals surface area contributed by atoms with E-state index in [1.165, 1.54) is 5.69 Å². The molecule has 0 spiro atoms. The van der Waals surface area contributed by atoms with Crippen LogP contribution in [0.2, 0.25) is 0 Å². The van der Waals surface area contributed by atoms with Crippen LogP contribution in [-0.4, -0.2) is 11.5 Å². The van der Waals surface area contributed by atoms with Crippen LogP contribution in [-0.2, 0) is 12.8 Å². The van der Waals surface area contributed by atoms with Crippen LogP contribution < -0.4 is 5.73 Å². The van der Waals surface area contributed by atoms with E-state index in [0.29, 0.717) is 6.54 Å². The lowest BCUT2D eigenvalue weighted by Crippen LogP contribution is -2.01. The summed E-state index contributed by atoms with van der Waals surface area (Å²) in [4.78, 5) is 3.14. The third kappa shape index (κ3) is 2.06. The number of hydrogen-bond donors (Lipinski definition) is 2. The van der Waals surface area contributed by atoms with E-state index in [0.717, 1.165) is 24.4 Å². The van der Waals surface area contributed by atoms with Crippen molar-refractivity contribution in [2.45, 2.75) is 12.8 Å². The van der Waals surface area contributed by atoms with Crippen LogP contribution in [0.15, 0.2) is 34.9 Å². The van der Waals surface area contributed by atoms with Gasteiger partial charge in [0.05, 0.1) is 0 Å². The molecule has 0 saturated heterocycles. The highest BCUT2D eigenvalue weighted by atomic mass is 16.3. The molecule has 0 bridgehead atoms. The molecule has 0 saturated carbocycles. The number of furan rings is 1. The fourth-order valence-corrected chi connectivity index (χ4v) is 1.46. The minimum Gasteiger partial charge on any atom is -0.466 e. The van der Waals surface area contributed by atoms with E-state index >= 15 is 0 Å². The van der Waals surface area contributed by atoms with Crippen molar-refractivity contribution in [2.24, 2.45) is 5.73 Å². The molecular weight excluding hydrogens is 176 g/mol. The van der Waals surface area contributed by atoms with Crippen molar-refractivity contribution in [2.75, 3.05) is 6.54 Å². The summed E-state index contributed by atoms with van der Waals surface area (Å²) in [6, 6.07) is 8.03. The first-order valence-corrected chi connectivity index (χ1v) is 4.78. The number of rotatable bonds is 4. The summed E-state index contributed by atoms with van der Waals surface area (Å²) in [6.45, 7) is 0.634. The van der Waals surface area contributed by atoms with Crippen LogP contribution in [0.1, 0.15) is 17.2 Å². The first kappa shape index (κ1) is 9.09. The van der Waals surface area contributed by atoms with Crippen molar-refractivity contribution in [3.05, 3.63) is 47.7 Å². The number of aromatic nitrogens is 1. The van der Waals surface area contributed by atoms with Crippen molar-refractivity contribution < 1.29 is 4.42 Å². The number of hydrogen-bond acceptors (Lipinski definition) is 2. The van der Waals surface area contributed by atoms with Gasteiger partial charge in [-0.25, -0.2) is 0 Å². The van der Waals surface area contributed by atoms with Gasteiger partial charge in [-0.15, -0.1) is 0 Å². The molecule has 0 aromatic carbocycles. The highest BCUT2D eigenvalue weighted by molar-refractivity contribution is 5.15. The van der Waals surface area contributed by atoms with E-state index in [1.807, 2.05) is 30.5 Å². The number of nitrogens with one attached hydrogen (secondary N) is 1. The smallest absolute Gasteiger partial charge is 0.110 e. The molecule has 3 heteroatoms. The van der Waals surface area contributed by atoms with Crippen molar-refractivity contribution in [3.8, 4) is 0 Å². The Labute approximate surface area is 82.9 Å². The van der Waals surface area contributed by atoms with Crippen LogP contribution in [0, 0.1) is 0 Å². The van der Waals surface area contributed by atoms with Gasteiger partial charge in [0.15, 0.2) is 0 Å². The van der Waals surface area contributed by atoms with Gasteiger partial charge in [0.1, 0.15) is 11.5 Å². The average molecular weight is 190 g/mol. The maximum absolute atomic E-state index is 5.60. The summed E-state index contributed by atoms with van der Waals surface area (Å²) < 4.78 is 5.60.